The molecule has 1 rings (SSSR count). The predicted molar refractivity (Wildman–Crippen MR) is 75.3 cm³/mol. The van der Waals surface area contributed by atoms with Crippen molar-refractivity contribution in [1.82, 2.24) is 0 Å². The van der Waals surface area contributed by atoms with Crippen LogP contribution in [0.3, 0.4) is 0 Å². The number of ether oxygens (including phenoxy) is 1. The van der Waals surface area contributed by atoms with Crippen LogP contribution < -0.4 is 0 Å². The van der Waals surface area contributed by atoms with Crippen LogP contribution in [-0.4, -0.2) is 14.4 Å². The summed E-state index contributed by atoms with van der Waals surface area (Å²) in [6, 6.07) is 0. The zero-order valence-electron chi connectivity index (χ0n) is 11.9. The first kappa shape index (κ1) is 14.4. The van der Waals surface area contributed by atoms with E-state index in [2.05, 4.69) is 45.6 Å². The van der Waals surface area contributed by atoms with E-state index < -0.39 is 8.32 Å². The molecule has 0 aliphatic heterocycles. The van der Waals surface area contributed by atoms with Gasteiger partial charge in [-0.25, -0.2) is 0 Å². The Kier molecular flexibility index (Phi) is 5.31. The molecule has 0 aromatic rings. The maximum Gasteiger partial charge on any atom is 0.264 e. The Bertz CT molecular complexity index is 300. The van der Waals surface area contributed by atoms with E-state index in [-0.39, 0.29) is 6.10 Å². The molecule has 1 atom stereocenters. The van der Waals surface area contributed by atoms with Crippen molar-refractivity contribution < 1.29 is 9.16 Å². The summed E-state index contributed by atoms with van der Waals surface area (Å²) in [5.74, 6) is 0.781. The summed E-state index contributed by atoms with van der Waals surface area (Å²) in [6.45, 7) is 10.8. The monoisotopic (exact) mass is 254 g/mol. The fraction of sp³-hybridized carbons (Fsp3) is 0.714. The third-order valence-corrected chi connectivity index (χ3v) is 3.54. The van der Waals surface area contributed by atoms with E-state index in [0.29, 0.717) is 0 Å². The largest absolute Gasteiger partial charge is 0.520 e. The average molecular weight is 254 g/mol. The second-order valence-electron chi connectivity index (χ2n) is 5.65. The number of hydrogen-bond acceptors (Lipinski definition) is 2. The van der Waals surface area contributed by atoms with E-state index in [1.165, 1.54) is 18.4 Å². The molecule has 0 fully saturated rings. The molecule has 17 heavy (non-hydrogen) atoms. The Morgan fingerprint density at radius 3 is 2.53 bits per heavy atom. The van der Waals surface area contributed by atoms with Gasteiger partial charge in [-0.3, -0.25) is 0 Å². The fourth-order valence-electron chi connectivity index (χ4n) is 1.65. The zero-order valence-corrected chi connectivity index (χ0v) is 12.9. The predicted octanol–water partition coefficient (Wildman–Crippen LogP) is 4.60. The number of allylic oxidation sites excluding steroid dienone is 2. The third-order valence-electron chi connectivity index (χ3n) is 2.75. The highest BCUT2D eigenvalue weighted by Crippen LogP contribution is 2.23. The lowest BCUT2D eigenvalue weighted by Crippen LogP contribution is -2.28. The number of hydrogen-bond donors (Lipinski definition) is 0. The van der Waals surface area contributed by atoms with Crippen LogP contribution in [0.1, 0.15) is 39.5 Å². The smallest absolute Gasteiger partial charge is 0.264 e. The van der Waals surface area contributed by atoms with E-state index in [1.807, 2.05) is 0 Å². The van der Waals surface area contributed by atoms with Crippen molar-refractivity contribution in [3.05, 3.63) is 23.7 Å². The lowest BCUT2D eigenvalue weighted by molar-refractivity contribution is 0.0535. The van der Waals surface area contributed by atoms with Gasteiger partial charge in [0.25, 0.3) is 5.95 Å². The molecule has 1 aliphatic rings. The molecule has 0 heterocycles. The Morgan fingerprint density at radius 1 is 1.35 bits per heavy atom. The van der Waals surface area contributed by atoms with Crippen LogP contribution in [0, 0.1) is 0 Å². The van der Waals surface area contributed by atoms with E-state index in [4.69, 9.17) is 9.16 Å². The second kappa shape index (κ2) is 6.29. The third kappa shape index (κ3) is 5.44. The first-order valence-corrected chi connectivity index (χ1v) is 10.1. The Morgan fingerprint density at radius 2 is 2.06 bits per heavy atom. The summed E-state index contributed by atoms with van der Waals surface area (Å²) in [7, 11) is -1.59. The first-order chi connectivity index (χ1) is 7.92. The van der Waals surface area contributed by atoms with Crippen molar-refractivity contribution in [1.29, 1.82) is 0 Å². The topological polar surface area (TPSA) is 18.5 Å². The average Bonchev–Trinajstić information content (AvgIpc) is 2.27. The van der Waals surface area contributed by atoms with Crippen molar-refractivity contribution in [3.8, 4) is 0 Å². The Balaban J connectivity index is 2.70. The molecule has 0 aromatic carbocycles. The normalized spacial score (nSPS) is 22.1. The van der Waals surface area contributed by atoms with Crippen LogP contribution >= 0.6 is 0 Å². The second-order valence-corrected chi connectivity index (χ2v) is 10.1. The van der Waals surface area contributed by atoms with Gasteiger partial charge < -0.3 is 9.16 Å². The number of rotatable bonds is 5. The van der Waals surface area contributed by atoms with Crippen LogP contribution in [0.4, 0.5) is 0 Å². The fourth-order valence-corrected chi connectivity index (χ4v) is 2.43. The maximum absolute atomic E-state index is 6.06. The van der Waals surface area contributed by atoms with Gasteiger partial charge in [-0.15, -0.1) is 0 Å². The molecule has 0 saturated heterocycles. The molecule has 0 amide bonds. The molecule has 0 radical (unpaired) electrons. The summed E-state index contributed by atoms with van der Waals surface area (Å²) >= 11 is 0. The lowest BCUT2D eigenvalue weighted by Gasteiger charge is -2.27. The molecule has 0 spiro atoms. The summed E-state index contributed by atoms with van der Waals surface area (Å²) in [5.41, 5.74) is 1.21. The molecular formula is C14H26O2Si. The van der Waals surface area contributed by atoms with E-state index >= 15 is 0 Å². The Hall–Kier alpha value is -0.703. The van der Waals surface area contributed by atoms with Gasteiger partial charge in [0, 0.05) is 5.57 Å². The summed E-state index contributed by atoms with van der Waals surface area (Å²) in [6.07, 6.45) is 9.06. The quantitative estimate of drug-likeness (QED) is 0.405. The summed E-state index contributed by atoms with van der Waals surface area (Å²) in [4.78, 5) is 0. The van der Waals surface area contributed by atoms with Crippen molar-refractivity contribution in [3.63, 3.8) is 0 Å². The van der Waals surface area contributed by atoms with Gasteiger partial charge in [0.2, 0.25) is 8.32 Å². The molecule has 0 unspecified atom stereocenters. The van der Waals surface area contributed by atoms with Crippen LogP contribution in [0.2, 0.25) is 19.6 Å². The lowest BCUT2D eigenvalue weighted by atomic mass is 10.1. The highest BCUT2D eigenvalue weighted by atomic mass is 28.4. The molecule has 0 bridgehead atoms. The molecule has 1 aliphatic carbocycles. The van der Waals surface area contributed by atoms with Crippen LogP contribution in [0.25, 0.3) is 0 Å². The molecule has 0 aromatic heterocycles. The van der Waals surface area contributed by atoms with Gasteiger partial charge in [-0.05, 0) is 58.3 Å². The first-order valence-electron chi connectivity index (χ1n) is 6.64. The molecule has 2 nitrogen and oxygen atoms in total. The molecule has 0 saturated carbocycles. The molecule has 0 N–H and O–H groups in total. The molecular weight excluding hydrogens is 228 g/mol. The van der Waals surface area contributed by atoms with Gasteiger partial charge in [0.15, 0.2) is 0 Å². The minimum Gasteiger partial charge on any atom is -0.520 e. The van der Waals surface area contributed by atoms with Crippen molar-refractivity contribution >= 4 is 8.32 Å². The van der Waals surface area contributed by atoms with Gasteiger partial charge in [-0.2, -0.15) is 0 Å². The SMILES string of the molecule is CC/C(C)=C(/O[C@H]1C=CCCC1)O[Si](C)(C)C. The zero-order chi connectivity index (χ0) is 12.9. The minimum atomic E-state index is -1.59. The summed E-state index contributed by atoms with van der Waals surface area (Å²) < 4.78 is 12.1. The van der Waals surface area contributed by atoms with Gasteiger partial charge in [-0.1, -0.05) is 13.0 Å². The highest BCUT2D eigenvalue weighted by Gasteiger charge is 2.22. The molecule has 98 valence electrons. The van der Waals surface area contributed by atoms with E-state index in [1.54, 1.807) is 0 Å². The highest BCUT2D eigenvalue weighted by molar-refractivity contribution is 6.70. The van der Waals surface area contributed by atoms with Crippen molar-refractivity contribution in [2.75, 3.05) is 0 Å². The van der Waals surface area contributed by atoms with Crippen LogP contribution in [0.15, 0.2) is 23.7 Å². The maximum atomic E-state index is 6.06. The van der Waals surface area contributed by atoms with E-state index in [0.717, 1.165) is 18.8 Å². The van der Waals surface area contributed by atoms with Gasteiger partial charge in [0.05, 0.1) is 0 Å². The standard InChI is InChI=1S/C14H26O2Si/c1-6-12(2)14(16-17(3,4)5)15-13-10-8-7-9-11-13/h8,10,13H,6-7,9,11H2,1-5H3/b14-12-/t13-/m0/s1. The van der Waals surface area contributed by atoms with Gasteiger partial charge in [0.1, 0.15) is 6.10 Å². The van der Waals surface area contributed by atoms with Crippen LogP contribution in [0.5, 0.6) is 0 Å². The van der Waals surface area contributed by atoms with Crippen molar-refractivity contribution in [2.45, 2.75) is 65.3 Å². The summed E-state index contributed by atoms with van der Waals surface area (Å²) in [5, 5.41) is 0. The molecule has 3 heteroatoms. The minimum absolute atomic E-state index is 0.205. The van der Waals surface area contributed by atoms with Crippen LogP contribution in [-0.2, 0) is 9.16 Å². The van der Waals surface area contributed by atoms with E-state index in [9.17, 15) is 0 Å². The Labute approximate surface area is 107 Å². The van der Waals surface area contributed by atoms with Gasteiger partial charge >= 0.3 is 0 Å². The van der Waals surface area contributed by atoms with Crippen molar-refractivity contribution in [2.24, 2.45) is 0 Å².